The van der Waals surface area contributed by atoms with Crippen LogP contribution in [0, 0.1) is 0 Å². The van der Waals surface area contributed by atoms with Crippen LogP contribution in [0.5, 0.6) is 0 Å². The van der Waals surface area contributed by atoms with Crippen LogP contribution in [0.2, 0.25) is 0 Å². The minimum atomic E-state index is 0.776. The van der Waals surface area contributed by atoms with Crippen LogP contribution >= 0.6 is 21.6 Å². The van der Waals surface area contributed by atoms with E-state index in [1.54, 1.807) is 0 Å². The third-order valence-corrected chi connectivity index (χ3v) is 3.38. The quantitative estimate of drug-likeness (QED) is 0.343. The van der Waals surface area contributed by atoms with E-state index < -0.39 is 0 Å². The Bertz CT molecular complexity index is 88.5. The van der Waals surface area contributed by atoms with E-state index >= 15 is 0 Å². The van der Waals surface area contributed by atoms with Gasteiger partial charge in [-0.3, -0.25) is 0 Å². The molecule has 0 saturated carbocycles. The smallest absolute Gasteiger partial charge is 0.0162 e. The Morgan fingerprint density at radius 3 is 2.73 bits per heavy atom. The Morgan fingerprint density at radius 2 is 2.09 bits per heavy atom. The van der Waals surface area contributed by atoms with Gasteiger partial charge in [0.05, 0.1) is 0 Å². The molecule has 4 heteroatoms. The van der Waals surface area contributed by atoms with Crippen molar-refractivity contribution in [2.45, 2.75) is 0 Å². The van der Waals surface area contributed by atoms with Gasteiger partial charge in [-0.2, -0.15) is 0 Å². The van der Waals surface area contributed by atoms with Crippen molar-refractivity contribution in [1.82, 2.24) is 5.32 Å². The first-order valence-electron chi connectivity index (χ1n) is 3.68. The zero-order valence-corrected chi connectivity index (χ0v) is 8.35. The molecule has 0 atom stereocenters. The van der Waals surface area contributed by atoms with Gasteiger partial charge in [0.15, 0.2) is 0 Å². The molecule has 66 valence electrons. The fourth-order valence-corrected chi connectivity index (χ4v) is 2.29. The lowest BCUT2D eigenvalue weighted by atomic mass is 10.6. The van der Waals surface area contributed by atoms with Crippen LogP contribution in [0.15, 0.2) is 12.7 Å². The van der Waals surface area contributed by atoms with Gasteiger partial charge in [0.1, 0.15) is 0 Å². The molecule has 0 aromatic heterocycles. The van der Waals surface area contributed by atoms with Crippen LogP contribution in [0.4, 0.5) is 0 Å². The summed E-state index contributed by atoms with van der Waals surface area (Å²) >= 11 is 0. The van der Waals surface area contributed by atoms with Gasteiger partial charge in [-0.05, 0) is 0 Å². The van der Waals surface area contributed by atoms with E-state index in [-0.39, 0.29) is 0 Å². The van der Waals surface area contributed by atoms with Crippen molar-refractivity contribution in [2.24, 2.45) is 5.73 Å². The first-order valence-corrected chi connectivity index (χ1v) is 6.16. The van der Waals surface area contributed by atoms with E-state index in [0.717, 1.165) is 31.1 Å². The third kappa shape index (κ3) is 10.4. The summed E-state index contributed by atoms with van der Waals surface area (Å²) in [5, 5.41) is 3.23. The highest BCUT2D eigenvalue weighted by atomic mass is 33.1. The highest BCUT2D eigenvalue weighted by Crippen LogP contribution is 2.18. The average Bonchev–Trinajstić information content (AvgIpc) is 2.03. The van der Waals surface area contributed by atoms with Crippen molar-refractivity contribution >= 4 is 21.6 Å². The van der Waals surface area contributed by atoms with E-state index in [2.05, 4.69) is 11.9 Å². The lowest BCUT2D eigenvalue weighted by molar-refractivity contribution is 0.808. The topological polar surface area (TPSA) is 38.0 Å². The molecule has 0 aliphatic carbocycles. The van der Waals surface area contributed by atoms with Crippen LogP contribution in [0.25, 0.3) is 0 Å². The normalized spacial score (nSPS) is 9.91. The van der Waals surface area contributed by atoms with Crippen LogP contribution in [0.1, 0.15) is 0 Å². The maximum absolute atomic E-state index is 5.33. The summed E-state index contributed by atoms with van der Waals surface area (Å²) in [5.74, 6) is 2.19. The first kappa shape index (κ1) is 11.4. The molecule has 0 unspecified atom stereocenters. The van der Waals surface area contributed by atoms with Gasteiger partial charge in [0.25, 0.3) is 0 Å². The molecule has 0 aliphatic heterocycles. The molecule has 0 heterocycles. The summed E-state index contributed by atoms with van der Waals surface area (Å²) in [5.41, 5.74) is 5.33. The standard InChI is InChI=1S/C7H16N2S2/c1-2-4-9-5-7-11-10-6-3-8/h2,9H,1,3-8H2. The van der Waals surface area contributed by atoms with Crippen molar-refractivity contribution in [3.8, 4) is 0 Å². The molecule has 11 heavy (non-hydrogen) atoms. The Hall–Kier alpha value is 0.360. The SMILES string of the molecule is C=CCNCCSSCCN. The number of nitrogens with two attached hydrogens (primary N) is 1. The molecule has 0 radical (unpaired) electrons. The molecule has 0 amide bonds. The lowest BCUT2D eigenvalue weighted by Crippen LogP contribution is -2.16. The van der Waals surface area contributed by atoms with Crippen molar-refractivity contribution in [3.63, 3.8) is 0 Å². The van der Waals surface area contributed by atoms with Crippen molar-refractivity contribution in [2.75, 3.05) is 31.1 Å². The average molecular weight is 192 g/mol. The van der Waals surface area contributed by atoms with Crippen molar-refractivity contribution < 1.29 is 0 Å². The zero-order valence-electron chi connectivity index (χ0n) is 6.71. The van der Waals surface area contributed by atoms with Crippen LogP contribution in [0.3, 0.4) is 0 Å². The number of hydrogen-bond acceptors (Lipinski definition) is 4. The van der Waals surface area contributed by atoms with Gasteiger partial charge in [-0.15, -0.1) is 6.58 Å². The molecule has 0 bridgehead atoms. The van der Waals surface area contributed by atoms with Crippen molar-refractivity contribution in [1.29, 1.82) is 0 Å². The molecule has 0 aromatic rings. The molecular weight excluding hydrogens is 176 g/mol. The monoisotopic (exact) mass is 192 g/mol. The fourth-order valence-electron chi connectivity index (χ4n) is 0.484. The Kier molecular flexibility index (Phi) is 10.7. The Morgan fingerprint density at radius 1 is 1.36 bits per heavy atom. The van der Waals surface area contributed by atoms with Gasteiger partial charge in [0.2, 0.25) is 0 Å². The molecule has 0 fully saturated rings. The summed E-state index contributed by atoms with van der Waals surface area (Å²) in [6, 6.07) is 0. The van der Waals surface area contributed by atoms with Crippen molar-refractivity contribution in [3.05, 3.63) is 12.7 Å². The van der Waals surface area contributed by atoms with E-state index in [4.69, 9.17) is 5.73 Å². The highest BCUT2D eigenvalue weighted by molar-refractivity contribution is 8.76. The van der Waals surface area contributed by atoms with Gasteiger partial charge < -0.3 is 11.1 Å². The van der Waals surface area contributed by atoms with Crippen LogP contribution in [-0.2, 0) is 0 Å². The third-order valence-electron chi connectivity index (χ3n) is 0.935. The zero-order chi connectivity index (χ0) is 8.36. The maximum atomic E-state index is 5.33. The molecule has 0 rings (SSSR count). The van der Waals surface area contributed by atoms with E-state index in [1.807, 2.05) is 27.7 Å². The first-order chi connectivity index (χ1) is 5.41. The summed E-state index contributed by atoms with van der Waals surface area (Å²) in [4.78, 5) is 0. The largest absolute Gasteiger partial charge is 0.330 e. The van der Waals surface area contributed by atoms with Crippen LogP contribution in [-0.4, -0.2) is 31.1 Å². The Balaban J connectivity index is 2.74. The summed E-state index contributed by atoms with van der Waals surface area (Å²) in [6.45, 7) is 6.35. The second-order valence-corrected chi connectivity index (χ2v) is 4.63. The maximum Gasteiger partial charge on any atom is 0.0162 e. The minimum absolute atomic E-state index is 0.776. The predicted octanol–water partition coefficient (Wildman–Crippen LogP) is 1.10. The van der Waals surface area contributed by atoms with Gasteiger partial charge in [-0.1, -0.05) is 27.7 Å². The molecule has 3 N–H and O–H groups in total. The predicted molar refractivity (Wildman–Crippen MR) is 57.0 cm³/mol. The molecule has 2 nitrogen and oxygen atoms in total. The van der Waals surface area contributed by atoms with Gasteiger partial charge in [-0.25, -0.2) is 0 Å². The van der Waals surface area contributed by atoms with E-state index in [9.17, 15) is 0 Å². The van der Waals surface area contributed by atoms with Crippen LogP contribution < -0.4 is 11.1 Å². The molecule has 0 spiro atoms. The number of nitrogens with one attached hydrogen (secondary N) is 1. The fraction of sp³-hybridized carbons (Fsp3) is 0.714. The van der Waals surface area contributed by atoms with Gasteiger partial charge >= 0.3 is 0 Å². The summed E-state index contributed by atoms with van der Waals surface area (Å²) < 4.78 is 0. The molecular formula is C7H16N2S2. The molecule has 0 aliphatic rings. The second-order valence-electron chi connectivity index (χ2n) is 1.93. The number of hydrogen-bond donors (Lipinski definition) is 2. The van der Waals surface area contributed by atoms with Gasteiger partial charge in [0, 0.05) is 31.1 Å². The molecule has 0 aromatic carbocycles. The number of rotatable bonds is 8. The van der Waals surface area contributed by atoms with E-state index in [0.29, 0.717) is 0 Å². The molecule has 0 saturated heterocycles. The van der Waals surface area contributed by atoms with E-state index in [1.165, 1.54) is 0 Å². The second kappa shape index (κ2) is 10.4. The summed E-state index contributed by atoms with van der Waals surface area (Å²) in [6.07, 6.45) is 1.87. The summed E-state index contributed by atoms with van der Waals surface area (Å²) in [7, 11) is 3.71. The Labute approximate surface area is 76.8 Å². The minimum Gasteiger partial charge on any atom is -0.330 e. The lowest BCUT2D eigenvalue weighted by Gasteiger charge is -1.99. The highest BCUT2D eigenvalue weighted by Gasteiger charge is 1.87.